The molecule has 0 saturated carbocycles. The quantitative estimate of drug-likeness (QED) is 0.784. The van der Waals surface area contributed by atoms with Gasteiger partial charge in [0.1, 0.15) is 0 Å². The fourth-order valence-corrected chi connectivity index (χ4v) is 2.30. The maximum atomic E-state index is 11.6. The van der Waals surface area contributed by atoms with Gasteiger partial charge in [-0.1, -0.05) is 31.9 Å². The second-order valence-corrected chi connectivity index (χ2v) is 4.54. The first kappa shape index (κ1) is 11.9. The molecule has 0 fully saturated rings. The van der Waals surface area contributed by atoms with E-state index in [0.29, 0.717) is 5.56 Å². The Morgan fingerprint density at radius 2 is 1.60 bits per heavy atom. The fraction of sp³-hybridized carbons (Fsp3) is 0.100. The second-order valence-electron chi connectivity index (χ2n) is 2.71. The van der Waals surface area contributed by atoms with Crippen LogP contribution in [0.3, 0.4) is 0 Å². The Morgan fingerprint density at radius 1 is 1.13 bits per heavy atom. The Morgan fingerprint density at radius 3 is 2.00 bits per heavy atom. The molecule has 0 amide bonds. The highest BCUT2D eigenvalue weighted by molar-refractivity contribution is 9.11. The third-order valence-corrected chi connectivity index (χ3v) is 2.58. The lowest BCUT2D eigenvalue weighted by Gasteiger charge is -2.02. The zero-order chi connectivity index (χ0) is 11.4. The SMILES string of the molecule is N#CC(C#N)C(=O)c1cc(Br)cc(Br)c1. The van der Waals surface area contributed by atoms with Crippen LogP contribution < -0.4 is 0 Å². The third-order valence-electron chi connectivity index (χ3n) is 1.67. The van der Waals surface area contributed by atoms with Gasteiger partial charge in [0.25, 0.3) is 0 Å². The van der Waals surface area contributed by atoms with Crippen LogP contribution in [0.25, 0.3) is 0 Å². The number of ketones is 1. The van der Waals surface area contributed by atoms with Gasteiger partial charge in [-0.25, -0.2) is 0 Å². The zero-order valence-electron chi connectivity index (χ0n) is 7.37. The summed E-state index contributed by atoms with van der Waals surface area (Å²) >= 11 is 6.45. The molecule has 0 bridgehead atoms. The molecule has 15 heavy (non-hydrogen) atoms. The number of benzene rings is 1. The molecule has 0 radical (unpaired) electrons. The van der Waals surface area contributed by atoms with Crippen LogP contribution in [0.2, 0.25) is 0 Å². The van der Waals surface area contributed by atoms with Crippen LogP contribution in [0.5, 0.6) is 0 Å². The molecular formula is C10H4Br2N2O. The van der Waals surface area contributed by atoms with E-state index in [1.807, 2.05) is 0 Å². The minimum absolute atomic E-state index is 0.337. The van der Waals surface area contributed by atoms with E-state index in [2.05, 4.69) is 31.9 Å². The van der Waals surface area contributed by atoms with Gasteiger partial charge in [0.15, 0.2) is 11.7 Å². The van der Waals surface area contributed by atoms with Crippen LogP contribution in [0.1, 0.15) is 10.4 Å². The van der Waals surface area contributed by atoms with Crippen molar-refractivity contribution in [1.29, 1.82) is 10.5 Å². The maximum absolute atomic E-state index is 11.6. The molecule has 0 saturated heterocycles. The Bertz CT molecular complexity index is 451. The van der Waals surface area contributed by atoms with Crippen LogP contribution in [0, 0.1) is 28.6 Å². The topological polar surface area (TPSA) is 64.7 Å². The van der Waals surface area contributed by atoms with Crippen molar-refractivity contribution in [3.8, 4) is 12.1 Å². The van der Waals surface area contributed by atoms with Crippen molar-refractivity contribution in [3.63, 3.8) is 0 Å². The molecule has 0 aromatic heterocycles. The number of rotatable bonds is 2. The average Bonchev–Trinajstić information content (AvgIpc) is 2.18. The highest BCUT2D eigenvalue weighted by Gasteiger charge is 2.19. The van der Waals surface area contributed by atoms with E-state index in [4.69, 9.17) is 10.5 Å². The van der Waals surface area contributed by atoms with E-state index in [1.165, 1.54) is 0 Å². The van der Waals surface area contributed by atoms with E-state index in [9.17, 15) is 4.79 Å². The van der Waals surface area contributed by atoms with Gasteiger partial charge in [-0.15, -0.1) is 0 Å². The van der Waals surface area contributed by atoms with Gasteiger partial charge in [-0.05, 0) is 18.2 Å². The van der Waals surface area contributed by atoms with Gasteiger partial charge in [-0.3, -0.25) is 4.79 Å². The van der Waals surface area contributed by atoms with Crippen LogP contribution in [0.4, 0.5) is 0 Å². The second kappa shape index (κ2) is 5.06. The van der Waals surface area contributed by atoms with Crippen LogP contribution in [-0.4, -0.2) is 5.78 Å². The molecule has 1 aromatic carbocycles. The summed E-state index contributed by atoms with van der Waals surface area (Å²) in [5.41, 5.74) is 0.337. The number of carbonyl (C=O) groups is 1. The summed E-state index contributed by atoms with van der Waals surface area (Å²) in [6, 6.07) is 8.22. The maximum Gasteiger partial charge on any atom is 0.195 e. The number of hydrogen-bond donors (Lipinski definition) is 0. The molecule has 3 nitrogen and oxygen atoms in total. The molecule has 0 heterocycles. The summed E-state index contributed by atoms with van der Waals surface area (Å²) in [6.07, 6.45) is 0. The van der Waals surface area contributed by atoms with Gasteiger partial charge in [0.2, 0.25) is 0 Å². The summed E-state index contributed by atoms with van der Waals surface area (Å²) in [7, 11) is 0. The number of carbonyl (C=O) groups excluding carboxylic acids is 1. The number of Topliss-reactive ketones (excluding diaryl/α,β-unsaturated/α-hetero) is 1. The fourth-order valence-electron chi connectivity index (χ4n) is 1.01. The molecule has 1 rings (SSSR count). The van der Waals surface area contributed by atoms with Gasteiger partial charge in [0, 0.05) is 14.5 Å². The van der Waals surface area contributed by atoms with Crippen molar-refractivity contribution in [3.05, 3.63) is 32.7 Å². The van der Waals surface area contributed by atoms with Gasteiger partial charge in [0.05, 0.1) is 12.1 Å². The number of nitriles is 2. The molecule has 0 aliphatic carbocycles. The van der Waals surface area contributed by atoms with Crippen molar-refractivity contribution >= 4 is 37.6 Å². The van der Waals surface area contributed by atoms with E-state index >= 15 is 0 Å². The summed E-state index contributed by atoms with van der Waals surface area (Å²) in [6.45, 7) is 0. The van der Waals surface area contributed by atoms with E-state index in [-0.39, 0.29) is 0 Å². The molecule has 0 aliphatic rings. The molecule has 1 aromatic rings. The zero-order valence-corrected chi connectivity index (χ0v) is 10.5. The van der Waals surface area contributed by atoms with Gasteiger partial charge in [-0.2, -0.15) is 10.5 Å². The molecule has 74 valence electrons. The first-order valence-corrected chi connectivity index (χ1v) is 5.46. The summed E-state index contributed by atoms with van der Waals surface area (Å²) in [5, 5.41) is 17.2. The molecular weight excluding hydrogens is 324 g/mol. The third kappa shape index (κ3) is 2.89. The Balaban J connectivity index is 3.14. The summed E-state index contributed by atoms with van der Waals surface area (Å²) in [4.78, 5) is 11.6. The Kier molecular flexibility index (Phi) is 4.02. The number of hydrogen-bond acceptors (Lipinski definition) is 3. The lowest BCUT2D eigenvalue weighted by Crippen LogP contribution is -2.10. The molecule has 0 atom stereocenters. The average molecular weight is 328 g/mol. The van der Waals surface area contributed by atoms with Crippen molar-refractivity contribution < 1.29 is 4.79 Å². The highest BCUT2D eigenvalue weighted by Crippen LogP contribution is 2.21. The van der Waals surface area contributed by atoms with Crippen molar-refractivity contribution in [2.45, 2.75) is 0 Å². The largest absolute Gasteiger partial charge is 0.291 e. The Labute approximate surface area is 104 Å². The molecule has 0 aliphatic heterocycles. The van der Waals surface area contributed by atoms with Crippen molar-refractivity contribution in [2.24, 2.45) is 5.92 Å². The van der Waals surface area contributed by atoms with Crippen LogP contribution in [-0.2, 0) is 0 Å². The molecule has 0 N–H and O–H groups in total. The standard InChI is InChI=1S/C10H4Br2N2O/c11-8-1-6(2-9(12)3-8)10(15)7(4-13)5-14/h1-3,7H. The minimum Gasteiger partial charge on any atom is -0.291 e. The van der Waals surface area contributed by atoms with Crippen LogP contribution in [0.15, 0.2) is 27.1 Å². The lowest BCUT2D eigenvalue weighted by atomic mass is 10.0. The minimum atomic E-state index is -1.24. The molecule has 5 heteroatoms. The van der Waals surface area contributed by atoms with E-state index < -0.39 is 11.7 Å². The first-order valence-electron chi connectivity index (χ1n) is 3.88. The molecule has 0 unspecified atom stereocenters. The predicted octanol–water partition coefficient (Wildman–Crippen LogP) is 3.06. The van der Waals surface area contributed by atoms with Gasteiger partial charge >= 0.3 is 0 Å². The highest BCUT2D eigenvalue weighted by atomic mass is 79.9. The Hall–Kier alpha value is -1.17. The number of nitrogens with zero attached hydrogens (tertiary/aromatic N) is 2. The van der Waals surface area contributed by atoms with Crippen molar-refractivity contribution in [2.75, 3.05) is 0 Å². The molecule has 0 spiro atoms. The monoisotopic (exact) mass is 326 g/mol. The van der Waals surface area contributed by atoms with Crippen molar-refractivity contribution in [1.82, 2.24) is 0 Å². The van der Waals surface area contributed by atoms with E-state index in [0.717, 1.165) is 8.95 Å². The smallest absolute Gasteiger partial charge is 0.195 e. The normalized spacial score (nSPS) is 9.40. The lowest BCUT2D eigenvalue weighted by molar-refractivity contribution is 0.0970. The van der Waals surface area contributed by atoms with Crippen LogP contribution >= 0.6 is 31.9 Å². The summed E-state index contributed by atoms with van der Waals surface area (Å²) in [5.74, 6) is -1.73. The first-order chi connectivity index (χ1) is 7.08. The number of halogens is 2. The van der Waals surface area contributed by atoms with E-state index in [1.54, 1.807) is 30.3 Å². The summed E-state index contributed by atoms with van der Waals surface area (Å²) < 4.78 is 1.43. The van der Waals surface area contributed by atoms with Gasteiger partial charge < -0.3 is 0 Å². The predicted molar refractivity (Wildman–Crippen MR) is 60.9 cm³/mol.